The van der Waals surface area contributed by atoms with Gasteiger partial charge in [-0.15, -0.1) is 0 Å². The highest BCUT2D eigenvalue weighted by Crippen LogP contribution is 2.06. The highest BCUT2D eigenvalue weighted by Gasteiger charge is 2.07. The van der Waals surface area contributed by atoms with E-state index in [-0.39, 0.29) is 11.6 Å². The Morgan fingerprint density at radius 2 is 2.11 bits per heavy atom. The molecule has 2 rings (SSSR count). The number of nitrogens with zero attached hydrogens (tertiary/aromatic N) is 3. The molecule has 0 fully saturated rings. The summed E-state index contributed by atoms with van der Waals surface area (Å²) in [7, 11) is 0. The van der Waals surface area contributed by atoms with Crippen molar-refractivity contribution in [2.75, 3.05) is 5.32 Å². The summed E-state index contributed by atoms with van der Waals surface area (Å²) < 4.78 is 1.65. The van der Waals surface area contributed by atoms with Gasteiger partial charge in [0.2, 0.25) is 0 Å². The van der Waals surface area contributed by atoms with Gasteiger partial charge in [0.15, 0.2) is 5.82 Å². The zero-order chi connectivity index (χ0) is 13.8. The molecule has 0 atom stereocenters. The van der Waals surface area contributed by atoms with Crippen LogP contribution < -0.4 is 10.9 Å². The van der Waals surface area contributed by atoms with E-state index in [9.17, 15) is 4.79 Å². The van der Waals surface area contributed by atoms with E-state index in [1.165, 1.54) is 0 Å². The summed E-state index contributed by atoms with van der Waals surface area (Å²) in [5.41, 5.74) is 1.91. The molecule has 0 spiro atoms. The predicted octanol–water partition coefficient (Wildman–Crippen LogP) is 2.14. The van der Waals surface area contributed by atoms with Crippen molar-refractivity contribution in [3.63, 3.8) is 0 Å². The molecule has 5 heteroatoms. The molecule has 0 aliphatic rings. The summed E-state index contributed by atoms with van der Waals surface area (Å²) in [6.45, 7) is 6.42. The molecule has 0 aliphatic heterocycles. The molecule has 0 radical (unpaired) electrons. The minimum absolute atomic E-state index is 0.105. The van der Waals surface area contributed by atoms with E-state index in [0.29, 0.717) is 12.4 Å². The summed E-state index contributed by atoms with van der Waals surface area (Å²) in [6.07, 6.45) is 5.08. The van der Waals surface area contributed by atoms with Crippen LogP contribution in [0.2, 0.25) is 0 Å². The summed E-state index contributed by atoms with van der Waals surface area (Å²) in [5.74, 6) is 0.362. The highest BCUT2D eigenvalue weighted by atomic mass is 16.1. The molecule has 0 saturated carbocycles. The van der Waals surface area contributed by atoms with E-state index in [1.807, 2.05) is 32.9 Å². The van der Waals surface area contributed by atoms with E-state index >= 15 is 0 Å². The van der Waals surface area contributed by atoms with E-state index in [2.05, 4.69) is 15.3 Å². The van der Waals surface area contributed by atoms with Gasteiger partial charge in [-0.3, -0.25) is 9.78 Å². The standard InChI is InChI=1S/C14H18N4O/c1-10(2)18-8-7-16-13(14(18)19)17-9-12-11(3)5-4-6-15-12/h4-8,10H,9H2,1-3H3,(H,16,17). The fourth-order valence-corrected chi connectivity index (χ4v) is 1.82. The first-order valence-corrected chi connectivity index (χ1v) is 6.31. The van der Waals surface area contributed by atoms with E-state index < -0.39 is 0 Å². The summed E-state index contributed by atoms with van der Waals surface area (Å²) in [5, 5.41) is 3.06. The Labute approximate surface area is 112 Å². The molecule has 5 nitrogen and oxygen atoms in total. The lowest BCUT2D eigenvalue weighted by atomic mass is 10.2. The van der Waals surface area contributed by atoms with Gasteiger partial charge in [0, 0.05) is 24.6 Å². The van der Waals surface area contributed by atoms with Crippen LogP contribution in [0.15, 0.2) is 35.5 Å². The molecule has 0 bridgehead atoms. The first-order chi connectivity index (χ1) is 9.09. The van der Waals surface area contributed by atoms with Crippen LogP contribution in [-0.2, 0) is 6.54 Å². The third kappa shape index (κ3) is 2.99. The molecule has 0 aromatic carbocycles. The molecule has 19 heavy (non-hydrogen) atoms. The van der Waals surface area contributed by atoms with Crippen LogP contribution in [-0.4, -0.2) is 14.5 Å². The van der Waals surface area contributed by atoms with Crippen LogP contribution in [0.3, 0.4) is 0 Å². The van der Waals surface area contributed by atoms with Crippen LogP contribution in [0.1, 0.15) is 31.1 Å². The fraction of sp³-hybridized carbons (Fsp3) is 0.357. The van der Waals surface area contributed by atoms with Gasteiger partial charge in [-0.25, -0.2) is 4.98 Å². The zero-order valence-electron chi connectivity index (χ0n) is 11.4. The maximum Gasteiger partial charge on any atom is 0.293 e. The Balaban J connectivity index is 2.19. The van der Waals surface area contributed by atoms with Crippen LogP contribution >= 0.6 is 0 Å². The normalized spacial score (nSPS) is 10.7. The topological polar surface area (TPSA) is 59.8 Å². The van der Waals surface area contributed by atoms with Crippen molar-refractivity contribution < 1.29 is 0 Å². The summed E-state index contributed by atoms with van der Waals surface area (Å²) in [6, 6.07) is 4.01. The largest absolute Gasteiger partial charge is 0.360 e. The Morgan fingerprint density at radius 1 is 1.32 bits per heavy atom. The maximum absolute atomic E-state index is 12.1. The summed E-state index contributed by atoms with van der Waals surface area (Å²) in [4.78, 5) is 20.5. The molecular weight excluding hydrogens is 240 g/mol. The molecule has 2 heterocycles. The predicted molar refractivity (Wildman–Crippen MR) is 75.2 cm³/mol. The van der Waals surface area contributed by atoms with Crippen molar-refractivity contribution in [3.8, 4) is 0 Å². The van der Waals surface area contributed by atoms with Crippen molar-refractivity contribution in [3.05, 3.63) is 52.3 Å². The van der Waals surface area contributed by atoms with Crippen molar-refractivity contribution in [2.24, 2.45) is 0 Å². The van der Waals surface area contributed by atoms with Crippen molar-refractivity contribution in [1.82, 2.24) is 14.5 Å². The second-order valence-corrected chi connectivity index (χ2v) is 4.70. The number of pyridine rings is 1. The van der Waals surface area contributed by atoms with Crippen LogP contribution in [0.25, 0.3) is 0 Å². The number of aromatic nitrogens is 3. The summed E-state index contributed by atoms with van der Waals surface area (Å²) >= 11 is 0. The molecule has 1 N–H and O–H groups in total. The second-order valence-electron chi connectivity index (χ2n) is 4.70. The molecule has 0 saturated heterocycles. The van der Waals surface area contributed by atoms with Gasteiger partial charge in [-0.1, -0.05) is 6.07 Å². The third-order valence-electron chi connectivity index (χ3n) is 2.97. The van der Waals surface area contributed by atoms with Crippen LogP contribution in [0, 0.1) is 6.92 Å². The average Bonchev–Trinajstić information content (AvgIpc) is 2.39. The minimum atomic E-state index is -0.105. The number of aryl methyl sites for hydroxylation is 1. The van der Waals surface area contributed by atoms with Gasteiger partial charge in [0.1, 0.15) is 0 Å². The monoisotopic (exact) mass is 258 g/mol. The van der Waals surface area contributed by atoms with Crippen LogP contribution in [0.5, 0.6) is 0 Å². The maximum atomic E-state index is 12.1. The zero-order valence-corrected chi connectivity index (χ0v) is 11.4. The Bertz CT molecular complexity index is 619. The Kier molecular flexibility index (Phi) is 3.94. The van der Waals surface area contributed by atoms with Gasteiger partial charge in [0.05, 0.1) is 12.2 Å². The van der Waals surface area contributed by atoms with E-state index in [4.69, 9.17) is 0 Å². The quantitative estimate of drug-likeness (QED) is 0.912. The number of hydrogen-bond acceptors (Lipinski definition) is 4. The average molecular weight is 258 g/mol. The number of rotatable bonds is 4. The van der Waals surface area contributed by atoms with Gasteiger partial charge < -0.3 is 9.88 Å². The number of hydrogen-bond donors (Lipinski definition) is 1. The molecule has 2 aromatic rings. The smallest absolute Gasteiger partial charge is 0.293 e. The molecule has 0 unspecified atom stereocenters. The second kappa shape index (κ2) is 5.65. The lowest BCUT2D eigenvalue weighted by molar-refractivity contribution is 0.575. The lowest BCUT2D eigenvalue weighted by Crippen LogP contribution is -2.25. The highest BCUT2D eigenvalue weighted by molar-refractivity contribution is 5.33. The first kappa shape index (κ1) is 13.3. The van der Waals surface area contributed by atoms with Crippen LogP contribution in [0.4, 0.5) is 5.82 Å². The molecule has 2 aromatic heterocycles. The Hall–Kier alpha value is -2.17. The molecular formula is C14H18N4O. The molecule has 100 valence electrons. The third-order valence-corrected chi connectivity index (χ3v) is 2.97. The van der Waals surface area contributed by atoms with Crippen molar-refractivity contribution in [1.29, 1.82) is 0 Å². The minimum Gasteiger partial charge on any atom is -0.360 e. The van der Waals surface area contributed by atoms with E-state index in [0.717, 1.165) is 11.3 Å². The van der Waals surface area contributed by atoms with Crippen molar-refractivity contribution >= 4 is 5.82 Å². The lowest BCUT2D eigenvalue weighted by Gasteiger charge is -2.12. The van der Waals surface area contributed by atoms with Crippen molar-refractivity contribution in [2.45, 2.75) is 33.4 Å². The number of anilines is 1. The fourth-order valence-electron chi connectivity index (χ4n) is 1.82. The first-order valence-electron chi connectivity index (χ1n) is 6.31. The van der Waals surface area contributed by atoms with Gasteiger partial charge in [-0.05, 0) is 32.4 Å². The van der Waals surface area contributed by atoms with Gasteiger partial charge >= 0.3 is 0 Å². The van der Waals surface area contributed by atoms with Gasteiger partial charge in [-0.2, -0.15) is 0 Å². The number of nitrogens with one attached hydrogen (secondary N) is 1. The molecule has 0 aliphatic carbocycles. The Morgan fingerprint density at radius 3 is 2.79 bits per heavy atom. The molecule has 0 amide bonds. The van der Waals surface area contributed by atoms with E-state index in [1.54, 1.807) is 23.2 Å². The SMILES string of the molecule is Cc1cccnc1CNc1nccn(C(C)C)c1=O. The van der Waals surface area contributed by atoms with Gasteiger partial charge in [0.25, 0.3) is 5.56 Å².